The Labute approximate surface area is 141 Å². The van der Waals surface area contributed by atoms with E-state index in [0.717, 1.165) is 37.3 Å². The van der Waals surface area contributed by atoms with Gasteiger partial charge in [-0.25, -0.2) is 0 Å². The zero-order valence-corrected chi connectivity index (χ0v) is 15.5. The zero-order chi connectivity index (χ0) is 14.9. The number of benzene rings is 1. The maximum atomic E-state index is 6.33. The number of hydrogen-bond donors (Lipinski definition) is 1. The van der Waals surface area contributed by atoms with Gasteiger partial charge in [-0.2, -0.15) is 5.10 Å². The summed E-state index contributed by atoms with van der Waals surface area (Å²) in [5.41, 5.74) is 3.23. The van der Waals surface area contributed by atoms with Gasteiger partial charge in [0.15, 0.2) is 0 Å². The zero-order valence-electron chi connectivity index (χ0n) is 11.5. The van der Waals surface area contributed by atoms with Gasteiger partial charge in [0, 0.05) is 29.0 Å². The molecule has 2 rings (SSSR count). The standard InChI is InChI=1S/C14H16Br2ClN3/c1-8-14(16)13(20(3)19-8)7-12(18-2)10-6-9(15)4-5-11(10)17/h4-6,12,18H,7H2,1-3H3. The molecule has 0 saturated heterocycles. The predicted octanol–water partition coefficient (Wildman–Crippen LogP) is 4.41. The van der Waals surface area contributed by atoms with E-state index in [0.29, 0.717) is 0 Å². The molecule has 0 aliphatic carbocycles. The summed E-state index contributed by atoms with van der Waals surface area (Å²) in [4.78, 5) is 0. The molecule has 0 amide bonds. The van der Waals surface area contributed by atoms with E-state index in [1.54, 1.807) is 0 Å². The van der Waals surface area contributed by atoms with Crippen LogP contribution < -0.4 is 5.32 Å². The summed E-state index contributed by atoms with van der Waals surface area (Å²) in [6.45, 7) is 1.99. The van der Waals surface area contributed by atoms with Gasteiger partial charge in [0.1, 0.15) is 0 Å². The first-order chi connectivity index (χ1) is 9.43. The van der Waals surface area contributed by atoms with Crippen LogP contribution in [0, 0.1) is 6.92 Å². The molecule has 0 radical (unpaired) electrons. The molecule has 0 spiro atoms. The predicted molar refractivity (Wildman–Crippen MR) is 90.3 cm³/mol. The molecule has 1 aromatic heterocycles. The molecule has 1 heterocycles. The summed E-state index contributed by atoms with van der Waals surface area (Å²) in [6.07, 6.45) is 0.810. The fraction of sp³-hybridized carbons (Fsp3) is 0.357. The SMILES string of the molecule is CNC(Cc1c(Br)c(C)nn1C)c1cc(Br)ccc1Cl. The minimum absolute atomic E-state index is 0.131. The molecular formula is C14H16Br2ClN3. The molecule has 6 heteroatoms. The summed E-state index contributed by atoms with van der Waals surface area (Å²) < 4.78 is 4.00. The molecule has 0 aliphatic heterocycles. The van der Waals surface area contributed by atoms with E-state index in [2.05, 4.69) is 48.3 Å². The third kappa shape index (κ3) is 3.27. The highest BCUT2D eigenvalue weighted by Gasteiger charge is 2.19. The molecule has 108 valence electrons. The molecule has 2 aromatic rings. The van der Waals surface area contributed by atoms with Crippen LogP contribution in [0.2, 0.25) is 5.02 Å². The number of rotatable bonds is 4. The highest BCUT2D eigenvalue weighted by molar-refractivity contribution is 9.10. The second-order valence-corrected chi connectivity index (χ2v) is 6.80. The monoisotopic (exact) mass is 419 g/mol. The molecule has 1 aromatic carbocycles. The van der Waals surface area contributed by atoms with Gasteiger partial charge < -0.3 is 5.32 Å². The summed E-state index contributed by atoms with van der Waals surface area (Å²) in [7, 11) is 3.90. The number of likely N-dealkylation sites (N-methyl/N-ethyl adjacent to an activating group) is 1. The number of nitrogens with one attached hydrogen (secondary N) is 1. The fourth-order valence-electron chi connectivity index (χ4n) is 2.24. The van der Waals surface area contributed by atoms with Gasteiger partial charge in [0.05, 0.1) is 15.9 Å². The Hall–Kier alpha value is -0.360. The van der Waals surface area contributed by atoms with Crippen molar-refractivity contribution in [3.05, 3.63) is 49.1 Å². The Balaban J connectivity index is 2.36. The van der Waals surface area contributed by atoms with Crippen molar-refractivity contribution in [3.8, 4) is 0 Å². The fourth-order valence-corrected chi connectivity index (χ4v) is 3.37. The molecule has 1 N–H and O–H groups in total. The van der Waals surface area contributed by atoms with Crippen molar-refractivity contribution in [1.29, 1.82) is 0 Å². The lowest BCUT2D eigenvalue weighted by Crippen LogP contribution is -2.20. The molecule has 20 heavy (non-hydrogen) atoms. The van der Waals surface area contributed by atoms with Crippen molar-refractivity contribution >= 4 is 43.5 Å². The van der Waals surface area contributed by atoms with Crippen LogP contribution >= 0.6 is 43.5 Å². The average molecular weight is 422 g/mol. The van der Waals surface area contributed by atoms with Crippen LogP contribution in [0.3, 0.4) is 0 Å². The normalized spacial score (nSPS) is 12.7. The Morgan fingerprint density at radius 3 is 2.65 bits per heavy atom. The van der Waals surface area contributed by atoms with Crippen LogP contribution in [0.4, 0.5) is 0 Å². The van der Waals surface area contributed by atoms with Gasteiger partial charge in [-0.1, -0.05) is 27.5 Å². The van der Waals surface area contributed by atoms with E-state index >= 15 is 0 Å². The number of halogens is 3. The first-order valence-electron chi connectivity index (χ1n) is 6.24. The van der Waals surface area contributed by atoms with Crippen molar-refractivity contribution < 1.29 is 0 Å². The summed E-state index contributed by atoms with van der Waals surface area (Å²) in [5.74, 6) is 0. The Kier molecular flexibility index (Phi) is 5.29. The lowest BCUT2D eigenvalue weighted by Gasteiger charge is -2.19. The summed E-state index contributed by atoms with van der Waals surface area (Å²) >= 11 is 13.4. The highest BCUT2D eigenvalue weighted by atomic mass is 79.9. The first-order valence-corrected chi connectivity index (χ1v) is 8.20. The Bertz CT molecular complexity index is 625. The van der Waals surface area contributed by atoms with Crippen LogP contribution in [-0.4, -0.2) is 16.8 Å². The Morgan fingerprint density at radius 1 is 1.40 bits per heavy atom. The van der Waals surface area contributed by atoms with Crippen molar-refractivity contribution in [2.45, 2.75) is 19.4 Å². The van der Waals surface area contributed by atoms with E-state index < -0.39 is 0 Å². The number of nitrogens with zero attached hydrogens (tertiary/aromatic N) is 2. The minimum atomic E-state index is 0.131. The number of aryl methyl sites for hydroxylation is 2. The third-order valence-electron chi connectivity index (χ3n) is 3.34. The average Bonchev–Trinajstić information content (AvgIpc) is 2.65. The van der Waals surface area contributed by atoms with E-state index in [9.17, 15) is 0 Å². The van der Waals surface area contributed by atoms with E-state index in [1.807, 2.05) is 37.8 Å². The molecule has 0 fully saturated rings. The van der Waals surface area contributed by atoms with Crippen molar-refractivity contribution in [3.63, 3.8) is 0 Å². The van der Waals surface area contributed by atoms with Gasteiger partial charge in [-0.3, -0.25) is 4.68 Å². The minimum Gasteiger partial charge on any atom is -0.313 e. The lowest BCUT2D eigenvalue weighted by atomic mass is 10.0. The molecule has 0 aliphatic rings. The lowest BCUT2D eigenvalue weighted by molar-refractivity contribution is 0.560. The van der Waals surface area contributed by atoms with Crippen LogP contribution in [0.1, 0.15) is 23.0 Å². The van der Waals surface area contributed by atoms with Crippen LogP contribution in [0.25, 0.3) is 0 Å². The van der Waals surface area contributed by atoms with Gasteiger partial charge in [-0.05, 0) is 53.7 Å². The van der Waals surface area contributed by atoms with Crippen molar-refractivity contribution in [2.24, 2.45) is 7.05 Å². The molecular weight excluding hydrogens is 405 g/mol. The molecule has 3 nitrogen and oxygen atoms in total. The van der Waals surface area contributed by atoms with E-state index in [1.165, 1.54) is 0 Å². The Morgan fingerprint density at radius 2 is 2.10 bits per heavy atom. The van der Waals surface area contributed by atoms with Gasteiger partial charge >= 0.3 is 0 Å². The van der Waals surface area contributed by atoms with Gasteiger partial charge in [0.2, 0.25) is 0 Å². The molecule has 0 saturated carbocycles. The second kappa shape index (κ2) is 6.60. The molecule has 0 bridgehead atoms. The van der Waals surface area contributed by atoms with E-state index in [-0.39, 0.29) is 6.04 Å². The maximum Gasteiger partial charge on any atom is 0.0738 e. The summed E-state index contributed by atoms with van der Waals surface area (Å²) in [5, 5.41) is 8.53. The van der Waals surface area contributed by atoms with E-state index in [4.69, 9.17) is 11.6 Å². The smallest absolute Gasteiger partial charge is 0.0738 e. The molecule has 1 atom stereocenters. The first kappa shape index (κ1) is 16.0. The third-order valence-corrected chi connectivity index (χ3v) is 5.21. The van der Waals surface area contributed by atoms with Gasteiger partial charge in [-0.15, -0.1) is 0 Å². The number of hydrogen-bond acceptors (Lipinski definition) is 2. The quantitative estimate of drug-likeness (QED) is 0.793. The highest BCUT2D eigenvalue weighted by Crippen LogP contribution is 2.31. The molecule has 1 unspecified atom stereocenters. The largest absolute Gasteiger partial charge is 0.313 e. The van der Waals surface area contributed by atoms with Gasteiger partial charge in [0.25, 0.3) is 0 Å². The summed E-state index contributed by atoms with van der Waals surface area (Å²) in [6, 6.07) is 6.05. The van der Waals surface area contributed by atoms with Crippen LogP contribution in [0.5, 0.6) is 0 Å². The second-order valence-electron chi connectivity index (χ2n) is 4.68. The number of aromatic nitrogens is 2. The maximum absolute atomic E-state index is 6.33. The van der Waals surface area contributed by atoms with Crippen LogP contribution in [-0.2, 0) is 13.5 Å². The van der Waals surface area contributed by atoms with Crippen molar-refractivity contribution in [1.82, 2.24) is 15.1 Å². The topological polar surface area (TPSA) is 29.9 Å². The van der Waals surface area contributed by atoms with Crippen LogP contribution in [0.15, 0.2) is 27.1 Å². The van der Waals surface area contributed by atoms with Crippen molar-refractivity contribution in [2.75, 3.05) is 7.05 Å².